The SMILES string of the molecule is O=C(C1CCNC1)N1CCCCCC1. The molecule has 2 fully saturated rings. The predicted molar refractivity (Wildman–Crippen MR) is 56.0 cm³/mol. The Morgan fingerprint density at radius 1 is 1.14 bits per heavy atom. The van der Waals surface area contributed by atoms with Crippen molar-refractivity contribution in [3.63, 3.8) is 0 Å². The Morgan fingerprint density at radius 3 is 2.43 bits per heavy atom. The summed E-state index contributed by atoms with van der Waals surface area (Å²) in [7, 11) is 0. The van der Waals surface area contributed by atoms with Crippen LogP contribution < -0.4 is 5.32 Å². The third-order valence-corrected chi connectivity index (χ3v) is 3.33. The molecule has 2 aliphatic heterocycles. The normalized spacial score (nSPS) is 28.9. The summed E-state index contributed by atoms with van der Waals surface area (Å²) in [5.41, 5.74) is 0. The van der Waals surface area contributed by atoms with Crippen molar-refractivity contribution in [2.24, 2.45) is 5.92 Å². The molecule has 0 spiro atoms. The number of likely N-dealkylation sites (tertiary alicyclic amines) is 1. The highest BCUT2D eigenvalue weighted by Crippen LogP contribution is 2.16. The highest BCUT2D eigenvalue weighted by molar-refractivity contribution is 5.79. The minimum absolute atomic E-state index is 0.271. The zero-order valence-corrected chi connectivity index (χ0v) is 8.80. The lowest BCUT2D eigenvalue weighted by molar-refractivity contribution is -0.134. The zero-order chi connectivity index (χ0) is 9.80. The van der Waals surface area contributed by atoms with Crippen LogP contribution >= 0.6 is 0 Å². The topological polar surface area (TPSA) is 32.3 Å². The molecule has 0 saturated carbocycles. The number of nitrogens with zero attached hydrogens (tertiary/aromatic N) is 1. The number of carbonyl (C=O) groups excluding carboxylic acids is 1. The van der Waals surface area contributed by atoms with E-state index in [4.69, 9.17) is 0 Å². The van der Waals surface area contributed by atoms with Crippen LogP contribution in [-0.2, 0) is 4.79 Å². The molecule has 1 atom stereocenters. The van der Waals surface area contributed by atoms with E-state index in [0.717, 1.165) is 32.6 Å². The van der Waals surface area contributed by atoms with Crippen molar-refractivity contribution in [2.45, 2.75) is 32.1 Å². The molecule has 2 aliphatic rings. The van der Waals surface area contributed by atoms with E-state index in [1.807, 2.05) is 0 Å². The first-order chi connectivity index (χ1) is 6.88. The largest absolute Gasteiger partial charge is 0.342 e. The van der Waals surface area contributed by atoms with E-state index in [1.54, 1.807) is 0 Å². The van der Waals surface area contributed by atoms with Gasteiger partial charge in [0.2, 0.25) is 5.91 Å². The summed E-state index contributed by atoms with van der Waals surface area (Å²) in [5.74, 6) is 0.671. The molecular weight excluding hydrogens is 176 g/mol. The van der Waals surface area contributed by atoms with Gasteiger partial charge in [-0.3, -0.25) is 4.79 Å². The highest BCUT2D eigenvalue weighted by Gasteiger charge is 2.27. The molecule has 2 saturated heterocycles. The second-order valence-electron chi connectivity index (χ2n) is 4.43. The molecule has 0 aromatic heterocycles. The van der Waals surface area contributed by atoms with Crippen LogP contribution in [0.1, 0.15) is 32.1 Å². The first-order valence-electron chi connectivity index (χ1n) is 5.87. The van der Waals surface area contributed by atoms with Crippen LogP contribution in [0.4, 0.5) is 0 Å². The van der Waals surface area contributed by atoms with Gasteiger partial charge in [0.1, 0.15) is 0 Å². The summed E-state index contributed by atoms with van der Waals surface area (Å²) in [6, 6.07) is 0. The molecule has 1 unspecified atom stereocenters. The van der Waals surface area contributed by atoms with Crippen LogP contribution in [0.25, 0.3) is 0 Å². The zero-order valence-electron chi connectivity index (χ0n) is 8.80. The standard InChI is InChI=1S/C11H20N2O/c14-11(10-5-6-12-9-10)13-7-3-1-2-4-8-13/h10,12H,1-9H2. The molecule has 3 nitrogen and oxygen atoms in total. The number of carbonyl (C=O) groups is 1. The molecule has 0 aromatic rings. The summed E-state index contributed by atoms with van der Waals surface area (Å²) < 4.78 is 0. The molecule has 3 heteroatoms. The lowest BCUT2D eigenvalue weighted by atomic mass is 10.1. The van der Waals surface area contributed by atoms with Crippen molar-refractivity contribution in [3.8, 4) is 0 Å². The monoisotopic (exact) mass is 196 g/mol. The van der Waals surface area contributed by atoms with Crippen LogP contribution in [-0.4, -0.2) is 37.0 Å². The van der Waals surface area contributed by atoms with Gasteiger partial charge in [-0.1, -0.05) is 12.8 Å². The Morgan fingerprint density at radius 2 is 1.86 bits per heavy atom. The van der Waals surface area contributed by atoms with Crippen molar-refractivity contribution in [1.82, 2.24) is 10.2 Å². The lowest BCUT2D eigenvalue weighted by Crippen LogP contribution is -2.37. The van der Waals surface area contributed by atoms with Crippen LogP contribution in [0, 0.1) is 5.92 Å². The van der Waals surface area contributed by atoms with Crippen LogP contribution in [0.15, 0.2) is 0 Å². The van der Waals surface area contributed by atoms with Gasteiger partial charge in [-0.15, -0.1) is 0 Å². The minimum atomic E-state index is 0.271. The lowest BCUT2D eigenvalue weighted by Gasteiger charge is -2.23. The fourth-order valence-electron chi connectivity index (χ4n) is 2.41. The van der Waals surface area contributed by atoms with Gasteiger partial charge < -0.3 is 10.2 Å². The molecule has 1 amide bonds. The first-order valence-corrected chi connectivity index (χ1v) is 5.87. The third-order valence-electron chi connectivity index (χ3n) is 3.33. The maximum atomic E-state index is 12.0. The van der Waals surface area contributed by atoms with Crippen molar-refractivity contribution in [2.75, 3.05) is 26.2 Å². The molecule has 2 rings (SSSR count). The average molecular weight is 196 g/mol. The molecule has 0 aliphatic carbocycles. The molecular formula is C11H20N2O. The van der Waals surface area contributed by atoms with Crippen molar-refractivity contribution >= 4 is 5.91 Å². The van der Waals surface area contributed by atoms with Gasteiger partial charge >= 0.3 is 0 Å². The fourth-order valence-corrected chi connectivity index (χ4v) is 2.41. The second kappa shape index (κ2) is 4.78. The smallest absolute Gasteiger partial charge is 0.227 e. The summed E-state index contributed by atoms with van der Waals surface area (Å²) in [4.78, 5) is 14.1. The van der Waals surface area contributed by atoms with Gasteiger partial charge in [-0.05, 0) is 25.8 Å². The summed E-state index contributed by atoms with van der Waals surface area (Å²) >= 11 is 0. The molecule has 0 bridgehead atoms. The molecule has 80 valence electrons. The average Bonchev–Trinajstić information content (AvgIpc) is 2.59. The Balaban J connectivity index is 1.88. The quantitative estimate of drug-likeness (QED) is 0.678. The van der Waals surface area contributed by atoms with Crippen LogP contribution in [0.5, 0.6) is 0 Å². The number of rotatable bonds is 1. The van der Waals surface area contributed by atoms with Crippen molar-refractivity contribution in [1.29, 1.82) is 0 Å². The molecule has 2 heterocycles. The van der Waals surface area contributed by atoms with E-state index in [0.29, 0.717) is 5.91 Å². The van der Waals surface area contributed by atoms with E-state index in [9.17, 15) is 4.79 Å². The van der Waals surface area contributed by atoms with Gasteiger partial charge in [-0.2, -0.15) is 0 Å². The minimum Gasteiger partial charge on any atom is -0.342 e. The maximum Gasteiger partial charge on any atom is 0.227 e. The van der Waals surface area contributed by atoms with Gasteiger partial charge in [0.15, 0.2) is 0 Å². The van der Waals surface area contributed by atoms with Gasteiger partial charge in [-0.25, -0.2) is 0 Å². The summed E-state index contributed by atoms with van der Waals surface area (Å²) in [6.07, 6.45) is 6.03. The van der Waals surface area contributed by atoms with Gasteiger partial charge in [0.05, 0.1) is 5.92 Å². The number of hydrogen-bond donors (Lipinski definition) is 1. The summed E-state index contributed by atoms with van der Waals surface area (Å²) in [6.45, 7) is 3.91. The van der Waals surface area contributed by atoms with E-state index in [2.05, 4.69) is 10.2 Å². The van der Waals surface area contributed by atoms with Crippen molar-refractivity contribution in [3.05, 3.63) is 0 Å². The Hall–Kier alpha value is -0.570. The van der Waals surface area contributed by atoms with Crippen LogP contribution in [0.3, 0.4) is 0 Å². The summed E-state index contributed by atoms with van der Waals surface area (Å²) in [5, 5.41) is 3.26. The molecule has 14 heavy (non-hydrogen) atoms. The molecule has 0 aromatic carbocycles. The second-order valence-corrected chi connectivity index (χ2v) is 4.43. The van der Waals surface area contributed by atoms with E-state index >= 15 is 0 Å². The number of amides is 1. The Kier molecular flexibility index (Phi) is 3.40. The first kappa shape index (κ1) is 9.97. The Labute approximate surface area is 85.8 Å². The van der Waals surface area contributed by atoms with E-state index in [1.165, 1.54) is 25.7 Å². The Bertz CT molecular complexity index is 191. The van der Waals surface area contributed by atoms with Crippen LogP contribution in [0.2, 0.25) is 0 Å². The van der Waals surface area contributed by atoms with E-state index in [-0.39, 0.29) is 5.92 Å². The van der Waals surface area contributed by atoms with Gasteiger partial charge in [0.25, 0.3) is 0 Å². The van der Waals surface area contributed by atoms with Gasteiger partial charge in [0, 0.05) is 19.6 Å². The van der Waals surface area contributed by atoms with E-state index < -0.39 is 0 Å². The molecule has 0 radical (unpaired) electrons. The molecule has 1 N–H and O–H groups in total. The number of hydrogen-bond acceptors (Lipinski definition) is 2. The maximum absolute atomic E-state index is 12.0. The third kappa shape index (κ3) is 2.27. The number of nitrogens with one attached hydrogen (secondary N) is 1. The van der Waals surface area contributed by atoms with Crippen molar-refractivity contribution < 1.29 is 4.79 Å². The predicted octanol–water partition coefficient (Wildman–Crippen LogP) is 0.998. The highest BCUT2D eigenvalue weighted by atomic mass is 16.2. The fraction of sp³-hybridized carbons (Fsp3) is 0.909.